The molecule has 1 aliphatic heterocycles. The molecule has 11 heteroatoms. The van der Waals surface area contributed by atoms with Gasteiger partial charge in [0.25, 0.3) is 5.91 Å². The van der Waals surface area contributed by atoms with Crippen molar-refractivity contribution in [1.29, 1.82) is 0 Å². The normalized spacial score (nSPS) is 15.5. The molecule has 1 fully saturated rings. The van der Waals surface area contributed by atoms with Crippen LogP contribution in [0.3, 0.4) is 0 Å². The molecule has 1 amide bonds. The average molecular weight is 622 g/mol. The molecule has 1 heterocycles. The van der Waals surface area contributed by atoms with E-state index in [1.54, 1.807) is 43.5 Å². The summed E-state index contributed by atoms with van der Waals surface area (Å²) < 4.78 is 12.2. The Labute approximate surface area is 235 Å². The summed E-state index contributed by atoms with van der Waals surface area (Å²) in [4.78, 5) is 30.3. The number of carboxylic acid groups (broad SMARTS) is 1. The summed E-state index contributed by atoms with van der Waals surface area (Å²) in [6, 6.07) is 15.0. The molecule has 190 valence electrons. The maximum atomic E-state index is 12.9. The van der Waals surface area contributed by atoms with Gasteiger partial charge in [0.05, 0.1) is 37.8 Å². The summed E-state index contributed by atoms with van der Waals surface area (Å²) in [5.41, 5.74) is 2.27. The van der Waals surface area contributed by atoms with E-state index in [0.29, 0.717) is 41.8 Å². The lowest BCUT2D eigenvalue weighted by Gasteiger charge is -2.14. The number of carboxylic acids is 1. The molecule has 0 aliphatic carbocycles. The van der Waals surface area contributed by atoms with Gasteiger partial charge in [0, 0.05) is 7.05 Å². The summed E-state index contributed by atoms with van der Waals surface area (Å²) in [5.74, 6) is -0.233. The number of aliphatic imine (C=N–C) groups is 1. The molecule has 0 unspecified atom stereocenters. The molecule has 0 saturated carbocycles. The van der Waals surface area contributed by atoms with Crippen molar-refractivity contribution < 1.29 is 24.2 Å². The van der Waals surface area contributed by atoms with E-state index >= 15 is 0 Å². The lowest BCUT2D eigenvalue weighted by molar-refractivity contribution is -0.121. The van der Waals surface area contributed by atoms with Crippen LogP contribution in [-0.4, -0.2) is 41.2 Å². The third-order valence-corrected chi connectivity index (χ3v) is 7.65. The predicted octanol–water partition coefficient (Wildman–Crippen LogP) is 7.28. The zero-order chi connectivity index (χ0) is 26.7. The summed E-state index contributed by atoms with van der Waals surface area (Å²) >= 11 is 16.8. The maximum absolute atomic E-state index is 12.9. The van der Waals surface area contributed by atoms with Crippen LogP contribution >= 0.6 is 50.9 Å². The Hall–Kier alpha value is -2.98. The van der Waals surface area contributed by atoms with E-state index in [1.807, 2.05) is 12.1 Å². The first kappa shape index (κ1) is 27.1. The number of thioether (sulfide) groups is 1. The smallest absolute Gasteiger partial charge is 0.335 e. The highest BCUT2D eigenvalue weighted by Crippen LogP contribution is 2.40. The Balaban J connectivity index is 1.55. The minimum absolute atomic E-state index is 0.164. The molecule has 0 atom stereocenters. The monoisotopic (exact) mass is 620 g/mol. The van der Waals surface area contributed by atoms with Gasteiger partial charge in [-0.1, -0.05) is 29.3 Å². The van der Waals surface area contributed by atoms with E-state index < -0.39 is 5.97 Å². The van der Waals surface area contributed by atoms with Crippen molar-refractivity contribution in [2.75, 3.05) is 14.2 Å². The highest BCUT2D eigenvalue weighted by atomic mass is 79.9. The topological polar surface area (TPSA) is 88.4 Å². The SMILES string of the molecule is COc1cc(/C=C2\SC(=Nc3ccc(C(=O)O)cc3)N(C)C2=O)cc(Br)c1OCc1ccc(Cl)c(Cl)c1. The molecule has 3 aromatic rings. The highest BCUT2D eigenvalue weighted by molar-refractivity contribution is 9.10. The number of halogens is 3. The third-order valence-electron chi connectivity index (χ3n) is 5.26. The average Bonchev–Trinajstić information content (AvgIpc) is 3.13. The largest absolute Gasteiger partial charge is 0.493 e. The van der Waals surface area contributed by atoms with Crippen molar-refractivity contribution in [2.24, 2.45) is 4.99 Å². The third kappa shape index (κ3) is 6.30. The maximum Gasteiger partial charge on any atom is 0.335 e. The van der Waals surface area contributed by atoms with E-state index in [0.717, 1.165) is 11.1 Å². The standard InChI is InChI=1S/C26H19BrCl2N2O5S/c1-31-24(32)22(37-26(31)30-17-6-4-16(5-7-17)25(33)34)12-15-9-18(27)23(21(11-15)35-2)36-13-14-3-8-19(28)20(29)10-14/h3-12H,13H2,1-2H3,(H,33,34)/b22-12-,30-26?. The zero-order valence-corrected chi connectivity index (χ0v) is 23.4. The van der Waals surface area contributed by atoms with Crippen LogP contribution in [0.1, 0.15) is 21.5 Å². The number of nitrogens with zero attached hydrogens (tertiary/aromatic N) is 2. The van der Waals surface area contributed by atoms with Crippen LogP contribution < -0.4 is 9.47 Å². The van der Waals surface area contributed by atoms with Crippen molar-refractivity contribution in [3.8, 4) is 11.5 Å². The van der Waals surface area contributed by atoms with Gasteiger partial charge in [-0.25, -0.2) is 9.79 Å². The van der Waals surface area contributed by atoms with Gasteiger partial charge in [0.2, 0.25) is 0 Å². The van der Waals surface area contributed by atoms with E-state index in [2.05, 4.69) is 20.9 Å². The van der Waals surface area contributed by atoms with Crippen molar-refractivity contribution in [1.82, 2.24) is 4.90 Å². The van der Waals surface area contributed by atoms with Gasteiger partial charge in [-0.15, -0.1) is 0 Å². The quantitative estimate of drug-likeness (QED) is 0.279. The van der Waals surface area contributed by atoms with E-state index in [9.17, 15) is 9.59 Å². The Morgan fingerprint density at radius 1 is 1.14 bits per heavy atom. The second kappa shape index (κ2) is 11.6. The van der Waals surface area contributed by atoms with Gasteiger partial charge in [-0.2, -0.15) is 0 Å². The number of amidine groups is 1. The van der Waals surface area contributed by atoms with Gasteiger partial charge in [-0.3, -0.25) is 9.69 Å². The predicted molar refractivity (Wildman–Crippen MR) is 150 cm³/mol. The Morgan fingerprint density at radius 3 is 2.51 bits per heavy atom. The van der Waals surface area contributed by atoms with Crippen molar-refractivity contribution in [3.05, 3.63) is 90.7 Å². The Morgan fingerprint density at radius 2 is 1.86 bits per heavy atom. The number of benzene rings is 3. The second-order valence-electron chi connectivity index (χ2n) is 7.79. The molecule has 1 saturated heterocycles. The minimum Gasteiger partial charge on any atom is -0.493 e. The van der Waals surface area contributed by atoms with Gasteiger partial charge in [0.15, 0.2) is 16.7 Å². The van der Waals surface area contributed by atoms with Crippen molar-refractivity contribution in [2.45, 2.75) is 6.61 Å². The van der Waals surface area contributed by atoms with E-state index in [-0.39, 0.29) is 18.1 Å². The molecule has 0 aromatic heterocycles. The fourth-order valence-corrected chi connectivity index (χ4v) is 5.22. The zero-order valence-electron chi connectivity index (χ0n) is 19.5. The molecular weight excluding hydrogens is 603 g/mol. The molecule has 0 radical (unpaired) electrons. The molecule has 0 spiro atoms. The number of carbonyl (C=O) groups is 2. The number of ether oxygens (including phenoxy) is 2. The lowest BCUT2D eigenvalue weighted by atomic mass is 10.1. The summed E-state index contributed by atoms with van der Waals surface area (Å²) in [6.45, 7) is 0.249. The number of likely N-dealkylation sites (N-methyl/N-ethyl adjacent to an activating group) is 1. The van der Waals surface area contributed by atoms with Crippen LogP contribution in [0.2, 0.25) is 10.0 Å². The Bertz CT molecular complexity index is 1440. The fourth-order valence-electron chi connectivity index (χ4n) is 3.34. The fraction of sp³-hybridized carbons (Fsp3) is 0.115. The molecule has 37 heavy (non-hydrogen) atoms. The highest BCUT2D eigenvalue weighted by Gasteiger charge is 2.30. The lowest BCUT2D eigenvalue weighted by Crippen LogP contribution is -2.23. The molecular formula is C26H19BrCl2N2O5S. The van der Waals surface area contributed by atoms with Gasteiger partial charge in [-0.05, 0) is 93.4 Å². The van der Waals surface area contributed by atoms with Crippen LogP contribution in [0.5, 0.6) is 11.5 Å². The van der Waals surface area contributed by atoms with Gasteiger partial charge < -0.3 is 14.6 Å². The number of methoxy groups -OCH3 is 1. The molecule has 3 aromatic carbocycles. The van der Waals surface area contributed by atoms with Crippen LogP contribution in [-0.2, 0) is 11.4 Å². The molecule has 1 aliphatic rings. The van der Waals surface area contributed by atoms with Crippen LogP contribution in [0.25, 0.3) is 6.08 Å². The van der Waals surface area contributed by atoms with Crippen LogP contribution in [0, 0.1) is 0 Å². The van der Waals surface area contributed by atoms with Gasteiger partial charge >= 0.3 is 5.97 Å². The van der Waals surface area contributed by atoms with Crippen LogP contribution in [0.4, 0.5) is 5.69 Å². The number of carbonyl (C=O) groups excluding carboxylic acids is 1. The summed E-state index contributed by atoms with van der Waals surface area (Å²) in [7, 11) is 3.17. The number of hydrogen-bond donors (Lipinski definition) is 1. The first-order valence-electron chi connectivity index (χ1n) is 10.7. The van der Waals surface area contributed by atoms with Crippen LogP contribution in [0.15, 0.2) is 69.0 Å². The number of aromatic carboxylic acids is 1. The first-order chi connectivity index (χ1) is 17.7. The summed E-state index contributed by atoms with van der Waals surface area (Å²) in [6.07, 6.45) is 1.75. The molecule has 1 N–H and O–H groups in total. The van der Waals surface area contributed by atoms with Gasteiger partial charge in [0.1, 0.15) is 6.61 Å². The van der Waals surface area contributed by atoms with Crippen molar-refractivity contribution >= 4 is 79.7 Å². The molecule has 7 nitrogen and oxygen atoms in total. The number of rotatable bonds is 7. The van der Waals surface area contributed by atoms with Crippen molar-refractivity contribution in [3.63, 3.8) is 0 Å². The molecule has 0 bridgehead atoms. The summed E-state index contributed by atoms with van der Waals surface area (Å²) in [5, 5.41) is 10.4. The minimum atomic E-state index is -1.01. The first-order valence-corrected chi connectivity index (χ1v) is 13.1. The number of amides is 1. The Kier molecular flexibility index (Phi) is 8.49. The van der Waals surface area contributed by atoms with E-state index in [4.69, 9.17) is 37.8 Å². The molecule has 4 rings (SSSR count). The number of hydrogen-bond acceptors (Lipinski definition) is 6. The second-order valence-corrected chi connectivity index (χ2v) is 10.5. The van der Waals surface area contributed by atoms with E-state index in [1.165, 1.54) is 35.9 Å².